The van der Waals surface area contributed by atoms with Crippen LogP contribution in [0.1, 0.15) is 316 Å². The van der Waals surface area contributed by atoms with E-state index in [1.807, 2.05) is 6.08 Å². The summed E-state index contributed by atoms with van der Waals surface area (Å²) in [6.07, 6.45) is 78.4. The van der Waals surface area contributed by atoms with Gasteiger partial charge in [-0.25, -0.2) is 0 Å². The molecule has 0 heterocycles. The predicted octanol–water partition coefficient (Wildman–Crippen LogP) is 19.5. The molecule has 0 saturated heterocycles. The first kappa shape index (κ1) is 68.6. The zero-order valence-corrected chi connectivity index (χ0v) is 47.2. The Morgan fingerprint density at radius 1 is 0.394 bits per heavy atom. The fourth-order valence-electron chi connectivity index (χ4n) is 9.27. The third-order valence-corrected chi connectivity index (χ3v) is 14.0. The van der Waals surface area contributed by atoms with Crippen LogP contribution in [0.25, 0.3) is 0 Å². The fourth-order valence-corrected chi connectivity index (χ4v) is 9.27. The van der Waals surface area contributed by atoms with Crippen molar-refractivity contribution in [2.75, 3.05) is 13.2 Å². The molecule has 0 saturated carbocycles. The minimum absolute atomic E-state index is 0.0441. The van der Waals surface area contributed by atoms with Crippen LogP contribution in [-0.4, -0.2) is 47.4 Å². The van der Waals surface area contributed by atoms with Crippen molar-refractivity contribution in [2.45, 2.75) is 328 Å². The average Bonchev–Trinajstić information content (AvgIpc) is 3.37. The standard InChI is InChI=1S/C65H119NO5/c1-3-5-7-9-11-13-15-17-19-26-31-35-39-43-47-51-55-59-65(70)71-60-56-52-48-44-40-36-32-28-25-23-21-22-24-27-30-34-38-42-46-50-54-58-64(69)66-62(61-67)63(68)57-53-49-45-41-37-33-29-20-18-16-14-12-10-8-6-4-2/h11,13,17,19,36,40,48,52-53,57,62-63,67-68H,3-10,12,14-16,18,20-35,37-39,41-47,49-51,54-56,58-61H2,1-2H3,(H,66,69)/b13-11-,19-17-,40-36-,52-48-,57-53+. The second kappa shape index (κ2) is 60.1. The van der Waals surface area contributed by atoms with Crippen molar-refractivity contribution in [3.8, 4) is 0 Å². The number of amides is 1. The first-order valence-corrected chi connectivity index (χ1v) is 31.1. The van der Waals surface area contributed by atoms with Crippen molar-refractivity contribution in [2.24, 2.45) is 0 Å². The van der Waals surface area contributed by atoms with Gasteiger partial charge in [0, 0.05) is 12.8 Å². The van der Waals surface area contributed by atoms with Gasteiger partial charge in [0.2, 0.25) is 5.91 Å². The van der Waals surface area contributed by atoms with Crippen molar-refractivity contribution in [3.63, 3.8) is 0 Å². The molecule has 1 amide bonds. The molecule has 0 rings (SSSR count). The van der Waals surface area contributed by atoms with Gasteiger partial charge in [0.1, 0.15) is 0 Å². The molecule has 2 unspecified atom stereocenters. The summed E-state index contributed by atoms with van der Waals surface area (Å²) in [5.74, 6) is -0.117. The molecule has 0 radical (unpaired) electrons. The zero-order valence-electron chi connectivity index (χ0n) is 47.2. The van der Waals surface area contributed by atoms with E-state index in [9.17, 15) is 19.8 Å². The quantitative estimate of drug-likeness (QED) is 0.0321. The lowest BCUT2D eigenvalue weighted by Gasteiger charge is -2.20. The SMILES string of the molecule is CCCCC/C=C\C/C=C\CCCCCCCCCC(=O)OCC/C=C\C/C=C\CCCCCCCCCCCCCCCCC(=O)NC(CO)C(O)/C=C/CCCCCCCCCCCCCCCC. The van der Waals surface area contributed by atoms with Gasteiger partial charge in [-0.2, -0.15) is 0 Å². The number of esters is 1. The fraction of sp³-hybridized carbons (Fsp3) is 0.815. The lowest BCUT2D eigenvalue weighted by molar-refractivity contribution is -0.143. The van der Waals surface area contributed by atoms with E-state index in [4.69, 9.17) is 4.74 Å². The summed E-state index contributed by atoms with van der Waals surface area (Å²) >= 11 is 0. The Kier molecular flexibility index (Phi) is 58.1. The molecule has 0 aromatic rings. The second-order valence-corrected chi connectivity index (χ2v) is 21.0. The maximum atomic E-state index is 12.5. The Morgan fingerprint density at radius 2 is 0.704 bits per heavy atom. The van der Waals surface area contributed by atoms with E-state index in [1.165, 1.54) is 231 Å². The second-order valence-electron chi connectivity index (χ2n) is 21.0. The maximum absolute atomic E-state index is 12.5. The van der Waals surface area contributed by atoms with Crippen molar-refractivity contribution < 1.29 is 24.5 Å². The van der Waals surface area contributed by atoms with Gasteiger partial charge >= 0.3 is 5.97 Å². The number of hydrogen-bond acceptors (Lipinski definition) is 5. The van der Waals surface area contributed by atoms with Crippen molar-refractivity contribution in [1.29, 1.82) is 0 Å². The van der Waals surface area contributed by atoms with Gasteiger partial charge < -0.3 is 20.3 Å². The number of allylic oxidation sites excluding steroid dienone is 8. The Labute approximate surface area is 441 Å². The van der Waals surface area contributed by atoms with Gasteiger partial charge in [-0.05, 0) is 83.5 Å². The Morgan fingerprint density at radius 3 is 1.10 bits per heavy atom. The zero-order chi connectivity index (χ0) is 51.4. The van der Waals surface area contributed by atoms with Crippen molar-refractivity contribution >= 4 is 11.9 Å². The van der Waals surface area contributed by atoms with Gasteiger partial charge in [0.05, 0.1) is 25.4 Å². The summed E-state index contributed by atoms with van der Waals surface area (Å²) < 4.78 is 5.42. The number of nitrogens with one attached hydrogen (secondary N) is 1. The summed E-state index contributed by atoms with van der Waals surface area (Å²) in [6, 6.07) is -0.633. The van der Waals surface area contributed by atoms with Crippen LogP contribution in [0.15, 0.2) is 60.8 Å². The molecule has 0 aliphatic carbocycles. The van der Waals surface area contributed by atoms with Crippen LogP contribution in [-0.2, 0) is 14.3 Å². The summed E-state index contributed by atoms with van der Waals surface area (Å²) in [7, 11) is 0. The highest BCUT2D eigenvalue weighted by molar-refractivity contribution is 5.76. The Hall–Kier alpha value is -2.44. The molecule has 0 aromatic carbocycles. The van der Waals surface area contributed by atoms with Crippen LogP contribution in [0.5, 0.6) is 0 Å². The topological polar surface area (TPSA) is 95.9 Å². The lowest BCUT2D eigenvalue weighted by Crippen LogP contribution is -2.45. The molecule has 414 valence electrons. The largest absolute Gasteiger partial charge is 0.465 e. The molecule has 6 nitrogen and oxygen atoms in total. The van der Waals surface area contributed by atoms with Gasteiger partial charge in [-0.15, -0.1) is 0 Å². The number of aliphatic hydroxyl groups is 2. The van der Waals surface area contributed by atoms with E-state index < -0.39 is 12.1 Å². The average molecular weight is 995 g/mol. The normalized spacial score (nSPS) is 13.0. The van der Waals surface area contributed by atoms with Crippen LogP contribution in [0.3, 0.4) is 0 Å². The molecule has 0 aliphatic rings. The van der Waals surface area contributed by atoms with E-state index >= 15 is 0 Å². The van der Waals surface area contributed by atoms with E-state index in [0.717, 1.165) is 57.8 Å². The maximum Gasteiger partial charge on any atom is 0.305 e. The minimum Gasteiger partial charge on any atom is -0.465 e. The first-order chi connectivity index (χ1) is 35.0. The number of carbonyl (C=O) groups excluding carboxylic acids is 2. The van der Waals surface area contributed by atoms with Gasteiger partial charge in [0.15, 0.2) is 0 Å². The first-order valence-electron chi connectivity index (χ1n) is 31.1. The van der Waals surface area contributed by atoms with Crippen molar-refractivity contribution in [3.05, 3.63) is 60.8 Å². The molecule has 0 fully saturated rings. The van der Waals surface area contributed by atoms with Crippen LogP contribution in [0.2, 0.25) is 0 Å². The number of rotatable bonds is 57. The molecular weight excluding hydrogens is 875 g/mol. The van der Waals surface area contributed by atoms with Crippen LogP contribution in [0, 0.1) is 0 Å². The van der Waals surface area contributed by atoms with Gasteiger partial charge in [-0.3, -0.25) is 9.59 Å². The molecule has 2 atom stereocenters. The lowest BCUT2D eigenvalue weighted by atomic mass is 10.0. The van der Waals surface area contributed by atoms with E-state index in [1.54, 1.807) is 6.08 Å². The molecule has 0 aliphatic heterocycles. The van der Waals surface area contributed by atoms with Gasteiger partial charge in [0.25, 0.3) is 0 Å². The molecule has 0 spiro atoms. The highest BCUT2D eigenvalue weighted by Crippen LogP contribution is 2.17. The third kappa shape index (κ3) is 56.7. The predicted molar refractivity (Wildman–Crippen MR) is 310 cm³/mol. The molecule has 3 N–H and O–H groups in total. The highest BCUT2D eigenvalue weighted by Gasteiger charge is 2.18. The number of unbranched alkanes of at least 4 members (excludes halogenated alkanes) is 38. The molecule has 0 aromatic heterocycles. The summed E-state index contributed by atoms with van der Waals surface area (Å²) in [4.78, 5) is 24.5. The Bertz CT molecular complexity index is 1240. The number of carbonyl (C=O) groups is 2. The number of ether oxygens (including phenoxy) is 1. The van der Waals surface area contributed by atoms with Crippen LogP contribution in [0.4, 0.5) is 0 Å². The summed E-state index contributed by atoms with van der Waals surface area (Å²) in [6.45, 7) is 4.77. The molecular formula is C65H119NO5. The molecule has 71 heavy (non-hydrogen) atoms. The highest BCUT2D eigenvalue weighted by atomic mass is 16.5. The minimum atomic E-state index is -0.849. The number of hydrogen-bond donors (Lipinski definition) is 3. The number of aliphatic hydroxyl groups excluding tert-OH is 2. The van der Waals surface area contributed by atoms with E-state index in [-0.39, 0.29) is 18.5 Å². The Balaban J connectivity index is 3.49. The van der Waals surface area contributed by atoms with Crippen molar-refractivity contribution in [1.82, 2.24) is 5.32 Å². The van der Waals surface area contributed by atoms with E-state index in [2.05, 4.69) is 67.8 Å². The smallest absolute Gasteiger partial charge is 0.305 e. The van der Waals surface area contributed by atoms with Gasteiger partial charge in [-0.1, -0.05) is 280 Å². The van der Waals surface area contributed by atoms with E-state index in [0.29, 0.717) is 19.4 Å². The third-order valence-electron chi connectivity index (χ3n) is 14.0. The summed E-state index contributed by atoms with van der Waals surface area (Å²) in [5, 5.41) is 23.1. The monoisotopic (exact) mass is 994 g/mol. The molecule has 0 bridgehead atoms. The van der Waals surface area contributed by atoms with Crippen LogP contribution >= 0.6 is 0 Å². The van der Waals surface area contributed by atoms with Crippen LogP contribution < -0.4 is 5.32 Å². The molecule has 6 heteroatoms. The summed E-state index contributed by atoms with van der Waals surface area (Å²) in [5.41, 5.74) is 0.